The van der Waals surface area contributed by atoms with E-state index in [4.69, 9.17) is 9.84 Å². The Balaban J connectivity index is 2.04. The smallest absolute Gasteiger partial charge is 0.311 e. The molecule has 0 aromatic rings. The Hall–Kier alpha value is -1.54. The van der Waals surface area contributed by atoms with Crippen LogP contribution in [0, 0.1) is 17.3 Å². The van der Waals surface area contributed by atoms with E-state index in [0.717, 1.165) is 44.9 Å². The lowest BCUT2D eigenvalue weighted by Gasteiger charge is -2.46. The zero-order valence-electron chi connectivity index (χ0n) is 24.7. The SMILES string of the molecule is C=CCN(C(=O)C1N(CCCCCCO)C(=O)[C@@H]2[C@@H](C(=O)OCC)[C@@]3(C)CCC12S3)C(C)(C)CC(C)(C)C. The van der Waals surface area contributed by atoms with Gasteiger partial charge < -0.3 is 19.6 Å². The Kier molecular flexibility index (Phi) is 9.40. The van der Waals surface area contributed by atoms with Gasteiger partial charge >= 0.3 is 5.97 Å². The van der Waals surface area contributed by atoms with Gasteiger partial charge in [0, 0.05) is 30.0 Å². The number of likely N-dealkylation sites (tertiary alicyclic amines) is 1. The van der Waals surface area contributed by atoms with Crippen LogP contribution in [0.5, 0.6) is 0 Å². The number of aliphatic hydroxyl groups excluding tert-OH is 1. The molecule has 0 aromatic carbocycles. The van der Waals surface area contributed by atoms with Gasteiger partial charge in [0.1, 0.15) is 6.04 Å². The molecular formula is C30H50N2O5S. The van der Waals surface area contributed by atoms with E-state index in [2.05, 4.69) is 48.1 Å². The quantitative estimate of drug-likeness (QED) is 0.201. The van der Waals surface area contributed by atoms with Gasteiger partial charge in [-0.1, -0.05) is 39.7 Å². The van der Waals surface area contributed by atoms with Crippen molar-refractivity contribution < 1.29 is 24.2 Å². The van der Waals surface area contributed by atoms with Gasteiger partial charge in [-0.25, -0.2) is 0 Å². The maximum absolute atomic E-state index is 14.7. The van der Waals surface area contributed by atoms with Gasteiger partial charge in [0.15, 0.2) is 0 Å². The number of amides is 2. The van der Waals surface area contributed by atoms with Gasteiger partial charge in [0.25, 0.3) is 0 Å². The van der Waals surface area contributed by atoms with Crippen LogP contribution < -0.4 is 0 Å². The first kappa shape index (κ1) is 31.0. The molecule has 3 aliphatic rings. The Morgan fingerprint density at radius 3 is 2.42 bits per heavy atom. The van der Waals surface area contributed by atoms with Crippen molar-refractivity contribution in [3.8, 4) is 0 Å². The largest absolute Gasteiger partial charge is 0.466 e. The summed E-state index contributed by atoms with van der Waals surface area (Å²) in [4.78, 5) is 45.9. The number of aliphatic hydroxyl groups is 1. The van der Waals surface area contributed by atoms with Crippen LogP contribution in [0.4, 0.5) is 0 Å². The van der Waals surface area contributed by atoms with Crippen LogP contribution in [0.3, 0.4) is 0 Å². The van der Waals surface area contributed by atoms with Gasteiger partial charge in [-0.2, -0.15) is 0 Å². The van der Waals surface area contributed by atoms with Crippen LogP contribution in [0.1, 0.15) is 93.4 Å². The van der Waals surface area contributed by atoms with E-state index < -0.39 is 32.9 Å². The summed E-state index contributed by atoms with van der Waals surface area (Å²) in [6.45, 7) is 19.9. The molecule has 8 heteroatoms. The molecule has 1 N–H and O–H groups in total. The summed E-state index contributed by atoms with van der Waals surface area (Å²) in [5.41, 5.74) is -0.440. The maximum Gasteiger partial charge on any atom is 0.311 e. The summed E-state index contributed by atoms with van der Waals surface area (Å²) in [5, 5.41) is 9.16. The van der Waals surface area contributed by atoms with Gasteiger partial charge in [-0.05, 0) is 65.2 Å². The molecule has 3 fully saturated rings. The Labute approximate surface area is 234 Å². The van der Waals surface area contributed by atoms with Crippen molar-refractivity contribution in [2.75, 3.05) is 26.3 Å². The van der Waals surface area contributed by atoms with E-state index >= 15 is 0 Å². The average Bonchev–Trinajstić information content (AvgIpc) is 3.36. The van der Waals surface area contributed by atoms with Crippen molar-refractivity contribution in [3.05, 3.63) is 12.7 Å². The van der Waals surface area contributed by atoms with Gasteiger partial charge in [0.05, 0.1) is 23.2 Å². The minimum absolute atomic E-state index is 0.00492. The first-order valence-corrected chi connectivity index (χ1v) is 15.2. The van der Waals surface area contributed by atoms with Crippen molar-refractivity contribution in [2.24, 2.45) is 17.3 Å². The number of carbonyl (C=O) groups excluding carboxylic acids is 3. The zero-order valence-corrected chi connectivity index (χ0v) is 25.5. The highest BCUT2D eigenvalue weighted by Gasteiger charge is 2.77. The molecule has 3 rings (SSSR count). The lowest BCUT2D eigenvalue weighted by Crippen LogP contribution is -2.60. The molecule has 3 aliphatic heterocycles. The molecule has 5 atom stereocenters. The average molecular weight is 551 g/mol. The predicted octanol–water partition coefficient (Wildman–Crippen LogP) is 4.81. The fraction of sp³-hybridized carbons (Fsp3) is 0.833. The number of thioether (sulfide) groups is 1. The second kappa shape index (κ2) is 11.5. The summed E-state index contributed by atoms with van der Waals surface area (Å²) >= 11 is 1.69. The minimum Gasteiger partial charge on any atom is -0.466 e. The van der Waals surface area contributed by atoms with E-state index in [1.165, 1.54) is 0 Å². The molecule has 0 saturated carbocycles. The summed E-state index contributed by atoms with van der Waals surface area (Å²) in [6, 6.07) is -0.622. The van der Waals surface area contributed by atoms with E-state index in [1.54, 1.807) is 29.7 Å². The first-order valence-electron chi connectivity index (χ1n) is 14.4. The summed E-state index contributed by atoms with van der Waals surface area (Å²) < 4.78 is 4.44. The molecule has 2 amide bonds. The molecule has 1 spiro atoms. The van der Waals surface area contributed by atoms with Crippen molar-refractivity contribution >= 4 is 29.5 Å². The fourth-order valence-corrected chi connectivity index (χ4v) is 9.93. The van der Waals surface area contributed by atoms with Crippen molar-refractivity contribution in [1.29, 1.82) is 0 Å². The number of nitrogens with zero attached hydrogens (tertiary/aromatic N) is 2. The molecule has 3 heterocycles. The first-order chi connectivity index (χ1) is 17.7. The van der Waals surface area contributed by atoms with E-state index in [1.807, 2.05) is 4.90 Å². The molecule has 0 aromatic heterocycles. The Morgan fingerprint density at radius 1 is 1.18 bits per heavy atom. The van der Waals surface area contributed by atoms with Crippen LogP contribution in [-0.2, 0) is 19.1 Å². The normalized spacial score (nSPS) is 30.5. The lowest BCUT2D eigenvalue weighted by atomic mass is 9.66. The fourth-order valence-electron chi connectivity index (χ4n) is 7.59. The lowest BCUT2D eigenvalue weighted by molar-refractivity contribution is -0.155. The van der Waals surface area contributed by atoms with Crippen LogP contribution in [-0.4, -0.2) is 80.1 Å². The maximum atomic E-state index is 14.7. The third kappa shape index (κ3) is 5.67. The van der Waals surface area contributed by atoms with Crippen LogP contribution in [0.2, 0.25) is 0 Å². The van der Waals surface area contributed by atoms with Gasteiger partial charge in [-0.3, -0.25) is 14.4 Å². The molecule has 0 radical (unpaired) electrons. The Bertz CT molecular complexity index is 915. The standard InChI is InChI=1S/C30H50N2O5S/c1-9-17-32(28(6,7)20-27(3,4)5)25(35)23-30-16-15-29(8,38-30)22(26(36)37-10-2)21(30)24(34)31(23)18-13-11-12-14-19-33/h9,21-23,33H,1,10-20H2,2-8H3/t21-,22-,23?,29+,30?/m0/s1. The highest BCUT2D eigenvalue weighted by atomic mass is 32.2. The number of fused-ring (bicyclic) bond motifs is 1. The zero-order chi connectivity index (χ0) is 28.5. The van der Waals surface area contributed by atoms with Crippen LogP contribution in [0.25, 0.3) is 0 Å². The van der Waals surface area contributed by atoms with Gasteiger partial charge in [0.2, 0.25) is 11.8 Å². The molecular weight excluding hydrogens is 500 g/mol. The Morgan fingerprint density at radius 2 is 1.84 bits per heavy atom. The molecule has 2 bridgehead atoms. The predicted molar refractivity (Wildman–Crippen MR) is 153 cm³/mol. The van der Waals surface area contributed by atoms with Gasteiger partial charge in [-0.15, -0.1) is 18.3 Å². The molecule has 0 aliphatic carbocycles. The monoisotopic (exact) mass is 550 g/mol. The highest BCUT2D eigenvalue weighted by molar-refractivity contribution is 8.02. The number of hydrogen-bond donors (Lipinski definition) is 1. The second-order valence-electron chi connectivity index (χ2n) is 13.4. The third-order valence-corrected chi connectivity index (χ3v) is 10.6. The van der Waals surface area contributed by atoms with Crippen molar-refractivity contribution in [1.82, 2.24) is 9.80 Å². The summed E-state index contributed by atoms with van der Waals surface area (Å²) in [7, 11) is 0. The third-order valence-electron chi connectivity index (χ3n) is 8.63. The van der Waals surface area contributed by atoms with Crippen molar-refractivity contribution in [3.63, 3.8) is 0 Å². The minimum atomic E-state index is -0.636. The summed E-state index contributed by atoms with van der Waals surface area (Å²) in [6.07, 6.45) is 7.34. The van der Waals surface area contributed by atoms with E-state index in [9.17, 15) is 14.4 Å². The molecule has 7 nitrogen and oxygen atoms in total. The van der Waals surface area contributed by atoms with Crippen LogP contribution in [0.15, 0.2) is 12.7 Å². The molecule has 3 saturated heterocycles. The number of unbranched alkanes of at least 4 members (excludes halogenated alkanes) is 3. The van der Waals surface area contributed by atoms with E-state index in [-0.39, 0.29) is 36.4 Å². The molecule has 38 heavy (non-hydrogen) atoms. The topological polar surface area (TPSA) is 87.2 Å². The van der Waals surface area contributed by atoms with E-state index in [0.29, 0.717) is 13.1 Å². The number of rotatable bonds is 13. The number of ether oxygens (including phenoxy) is 1. The summed E-state index contributed by atoms with van der Waals surface area (Å²) in [5.74, 6) is -1.51. The number of esters is 1. The number of carbonyl (C=O) groups is 3. The molecule has 2 unspecified atom stereocenters. The number of hydrogen-bond acceptors (Lipinski definition) is 6. The van der Waals surface area contributed by atoms with Crippen LogP contribution >= 0.6 is 11.8 Å². The van der Waals surface area contributed by atoms with Crippen molar-refractivity contribution in [2.45, 2.75) is 114 Å². The second-order valence-corrected chi connectivity index (χ2v) is 15.3. The highest BCUT2D eigenvalue weighted by Crippen LogP contribution is 2.71. The molecule has 216 valence electrons.